The lowest BCUT2D eigenvalue weighted by molar-refractivity contribution is -0.882. The SMILES string of the molecule is C=CC[N+](C)(C)CC.[Cl-]. The molecule has 0 aromatic carbocycles. The van der Waals surface area contributed by atoms with Crippen LogP contribution in [0.15, 0.2) is 12.7 Å². The highest BCUT2D eigenvalue weighted by Crippen LogP contribution is 1.93. The van der Waals surface area contributed by atoms with E-state index in [0.29, 0.717) is 0 Å². The fourth-order valence-electron chi connectivity index (χ4n) is 0.479. The molecule has 0 bridgehead atoms. The summed E-state index contributed by atoms with van der Waals surface area (Å²) in [5.74, 6) is 0. The Morgan fingerprint density at radius 3 is 2.00 bits per heavy atom. The van der Waals surface area contributed by atoms with E-state index in [0.717, 1.165) is 11.0 Å². The topological polar surface area (TPSA) is 0 Å². The average Bonchev–Trinajstić information content (AvgIpc) is 1.67. The van der Waals surface area contributed by atoms with E-state index in [1.54, 1.807) is 0 Å². The molecule has 56 valence electrons. The van der Waals surface area contributed by atoms with E-state index in [9.17, 15) is 0 Å². The largest absolute Gasteiger partial charge is 1.00 e. The predicted octanol–water partition coefficient (Wildman–Crippen LogP) is -1.73. The third-order valence-corrected chi connectivity index (χ3v) is 1.48. The molecule has 0 aliphatic carbocycles. The van der Waals surface area contributed by atoms with Gasteiger partial charge in [-0.25, -0.2) is 0 Å². The number of halogens is 1. The van der Waals surface area contributed by atoms with Gasteiger partial charge in [0.1, 0.15) is 0 Å². The molecule has 0 fully saturated rings. The first-order chi connectivity index (χ1) is 3.62. The van der Waals surface area contributed by atoms with Gasteiger partial charge in [-0.3, -0.25) is 0 Å². The maximum absolute atomic E-state index is 3.68. The van der Waals surface area contributed by atoms with Crippen molar-refractivity contribution >= 4 is 0 Å². The summed E-state index contributed by atoms with van der Waals surface area (Å²) in [7, 11) is 4.39. The summed E-state index contributed by atoms with van der Waals surface area (Å²) in [6, 6.07) is 0. The number of hydrogen-bond donors (Lipinski definition) is 0. The Morgan fingerprint density at radius 1 is 1.44 bits per heavy atom. The lowest BCUT2D eigenvalue weighted by Gasteiger charge is -2.26. The summed E-state index contributed by atoms with van der Waals surface area (Å²) in [5.41, 5.74) is 0. The maximum atomic E-state index is 3.68. The fraction of sp³-hybridized carbons (Fsp3) is 0.714. The molecular formula is C7H16ClN. The first kappa shape index (κ1) is 11.7. The van der Waals surface area contributed by atoms with Gasteiger partial charge in [0.2, 0.25) is 0 Å². The molecule has 0 N–H and O–H groups in total. The maximum Gasteiger partial charge on any atom is 0.0966 e. The Bertz CT molecular complexity index is 79.0. The fourth-order valence-corrected chi connectivity index (χ4v) is 0.479. The summed E-state index contributed by atoms with van der Waals surface area (Å²) in [5, 5.41) is 0. The minimum atomic E-state index is 0. The van der Waals surface area contributed by atoms with Crippen molar-refractivity contribution in [1.29, 1.82) is 0 Å². The molecule has 0 heterocycles. The molecule has 9 heavy (non-hydrogen) atoms. The molecule has 0 aromatic rings. The van der Waals surface area contributed by atoms with Crippen LogP contribution in [-0.2, 0) is 0 Å². The third kappa shape index (κ3) is 5.87. The molecule has 0 saturated heterocycles. The Hall–Kier alpha value is -0.0100. The molecule has 0 unspecified atom stereocenters. The van der Waals surface area contributed by atoms with E-state index in [4.69, 9.17) is 0 Å². The number of hydrogen-bond acceptors (Lipinski definition) is 0. The van der Waals surface area contributed by atoms with Crippen molar-refractivity contribution in [1.82, 2.24) is 0 Å². The number of rotatable bonds is 3. The first-order valence-electron chi connectivity index (χ1n) is 3.05. The van der Waals surface area contributed by atoms with E-state index < -0.39 is 0 Å². The van der Waals surface area contributed by atoms with Crippen molar-refractivity contribution in [2.24, 2.45) is 0 Å². The third-order valence-electron chi connectivity index (χ3n) is 1.48. The second kappa shape index (κ2) is 4.83. The van der Waals surface area contributed by atoms with E-state index >= 15 is 0 Å². The molecule has 0 aromatic heterocycles. The molecule has 0 spiro atoms. The predicted molar refractivity (Wildman–Crippen MR) is 37.7 cm³/mol. The van der Waals surface area contributed by atoms with Crippen LogP contribution in [0, 0.1) is 0 Å². The zero-order valence-electron chi connectivity index (χ0n) is 6.52. The summed E-state index contributed by atoms with van der Waals surface area (Å²) < 4.78 is 1.05. The van der Waals surface area contributed by atoms with Crippen LogP contribution in [-0.4, -0.2) is 31.7 Å². The van der Waals surface area contributed by atoms with Crippen molar-refractivity contribution in [2.75, 3.05) is 27.2 Å². The molecular weight excluding hydrogens is 134 g/mol. The highest BCUT2D eigenvalue weighted by Gasteiger charge is 2.06. The molecule has 0 radical (unpaired) electrons. The summed E-state index contributed by atoms with van der Waals surface area (Å²) in [6.45, 7) is 8.10. The van der Waals surface area contributed by atoms with Crippen molar-refractivity contribution in [2.45, 2.75) is 6.92 Å². The molecule has 0 amide bonds. The van der Waals surface area contributed by atoms with Gasteiger partial charge in [0, 0.05) is 0 Å². The number of likely N-dealkylation sites (N-methyl/N-ethyl adjacent to an activating group) is 1. The van der Waals surface area contributed by atoms with E-state index in [-0.39, 0.29) is 12.4 Å². The highest BCUT2D eigenvalue weighted by atomic mass is 35.5. The molecule has 2 heteroatoms. The van der Waals surface area contributed by atoms with Crippen molar-refractivity contribution in [3.05, 3.63) is 12.7 Å². The molecule has 0 rings (SSSR count). The molecule has 0 aliphatic rings. The van der Waals surface area contributed by atoms with E-state index in [1.165, 1.54) is 6.54 Å². The molecule has 0 atom stereocenters. The van der Waals surface area contributed by atoms with Crippen LogP contribution in [0.1, 0.15) is 6.92 Å². The van der Waals surface area contributed by atoms with Gasteiger partial charge < -0.3 is 16.9 Å². The Kier molecular flexibility index (Phi) is 6.30. The second-order valence-electron chi connectivity index (χ2n) is 2.72. The van der Waals surface area contributed by atoms with Crippen LogP contribution in [0.5, 0.6) is 0 Å². The van der Waals surface area contributed by atoms with Crippen LogP contribution in [0.2, 0.25) is 0 Å². The lowest BCUT2D eigenvalue weighted by atomic mass is 10.4. The normalized spacial score (nSPS) is 10.1. The highest BCUT2D eigenvalue weighted by molar-refractivity contribution is 4.63. The Labute approximate surface area is 64.4 Å². The van der Waals surface area contributed by atoms with Gasteiger partial charge in [0.15, 0.2) is 0 Å². The monoisotopic (exact) mass is 149 g/mol. The van der Waals surface area contributed by atoms with Gasteiger partial charge >= 0.3 is 0 Å². The zero-order chi connectivity index (χ0) is 6.62. The Balaban J connectivity index is 0. The number of quaternary nitrogens is 1. The van der Waals surface area contributed by atoms with Gasteiger partial charge in [-0.05, 0) is 13.0 Å². The summed E-state index contributed by atoms with van der Waals surface area (Å²) in [4.78, 5) is 0. The quantitative estimate of drug-likeness (QED) is 0.331. The number of nitrogens with zero attached hydrogens (tertiary/aromatic N) is 1. The molecule has 1 nitrogen and oxygen atoms in total. The molecule has 0 saturated carbocycles. The van der Waals surface area contributed by atoms with Gasteiger partial charge in [0.25, 0.3) is 0 Å². The Morgan fingerprint density at radius 2 is 1.89 bits per heavy atom. The van der Waals surface area contributed by atoms with Crippen molar-refractivity contribution in [3.8, 4) is 0 Å². The van der Waals surface area contributed by atoms with Crippen LogP contribution >= 0.6 is 0 Å². The minimum absolute atomic E-state index is 0. The summed E-state index contributed by atoms with van der Waals surface area (Å²) >= 11 is 0. The lowest BCUT2D eigenvalue weighted by Crippen LogP contribution is -3.00. The standard InChI is InChI=1S/C7H16N.ClH/c1-5-7-8(3,4)6-2;/h5H,1,6-7H2,2-4H3;1H/q+1;/p-1. The van der Waals surface area contributed by atoms with Crippen LogP contribution in [0.25, 0.3) is 0 Å². The van der Waals surface area contributed by atoms with Crippen LogP contribution in [0.4, 0.5) is 0 Å². The average molecular weight is 150 g/mol. The van der Waals surface area contributed by atoms with Crippen molar-refractivity contribution < 1.29 is 16.9 Å². The van der Waals surface area contributed by atoms with Crippen LogP contribution < -0.4 is 12.4 Å². The van der Waals surface area contributed by atoms with Crippen molar-refractivity contribution in [3.63, 3.8) is 0 Å². The van der Waals surface area contributed by atoms with Gasteiger partial charge in [-0.1, -0.05) is 6.58 Å². The summed E-state index contributed by atoms with van der Waals surface area (Å²) in [6.07, 6.45) is 1.96. The van der Waals surface area contributed by atoms with E-state index in [2.05, 4.69) is 27.6 Å². The van der Waals surface area contributed by atoms with Crippen LogP contribution in [0.3, 0.4) is 0 Å². The molecule has 0 aliphatic heterocycles. The van der Waals surface area contributed by atoms with Gasteiger partial charge in [0.05, 0.1) is 27.2 Å². The zero-order valence-corrected chi connectivity index (χ0v) is 7.28. The second-order valence-corrected chi connectivity index (χ2v) is 2.72. The van der Waals surface area contributed by atoms with Gasteiger partial charge in [-0.15, -0.1) is 0 Å². The first-order valence-corrected chi connectivity index (χ1v) is 3.05. The minimum Gasteiger partial charge on any atom is -1.00 e. The van der Waals surface area contributed by atoms with E-state index in [1.807, 2.05) is 6.08 Å². The van der Waals surface area contributed by atoms with Gasteiger partial charge in [-0.2, -0.15) is 0 Å². The smallest absolute Gasteiger partial charge is 0.0966 e.